The van der Waals surface area contributed by atoms with E-state index in [9.17, 15) is 0 Å². The third-order valence-corrected chi connectivity index (χ3v) is 7.36. The van der Waals surface area contributed by atoms with Gasteiger partial charge in [0.1, 0.15) is 12.2 Å². The Kier molecular flexibility index (Phi) is 30.5. The lowest BCUT2D eigenvalue weighted by Gasteiger charge is -2.26. The SMILES string of the molecule is CC(N)COC(C)COCC(C)OCC(C)C(C)COC(COCC(C)OCC(C)N)COCC(COCC(C)OCC(C)N)OCC(C)N. The molecular formula is C36H78N4O10. The fraction of sp³-hybridized carbons (Fsp3) is 1.00. The summed E-state index contributed by atoms with van der Waals surface area (Å²) in [6.45, 7) is 25.9. The Morgan fingerprint density at radius 1 is 0.280 bits per heavy atom. The third-order valence-electron chi connectivity index (χ3n) is 7.36. The van der Waals surface area contributed by atoms with Crippen LogP contribution < -0.4 is 22.9 Å². The summed E-state index contributed by atoms with van der Waals surface area (Å²) in [5.41, 5.74) is 23.3. The van der Waals surface area contributed by atoms with Crippen LogP contribution in [0.5, 0.6) is 0 Å². The Hall–Kier alpha value is -0.560. The molecule has 0 rings (SSSR count). The first kappa shape index (κ1) is 49.4. The van der Waals surface area contributed by atoms with Crippen molar-refractivity contribution in [2.75, 3.05) is 92.5 Å². The van der Waals surface area contributed by atoms with Gasteiger partial charge in [-0.1, -0.05) is 13.8 Å². The van der Waals surface area contributed by atoms with Gasteiger partial charge < -0.3 is 70.3 Å². The van der Waals surface area contributed by atoms with E-state index in [1.54, 1.807) is 0 Å². The molecule has 0 fully saturated rings. The highest BCUT2D eigenvalue weighted by molar-refractivity contribution is 4.67. The molecule has 8 N–H and O–H groups in total. The lowest BCUT2D eigenvalue weighted by Crippen LogP contribution is -2.35. The van der Waals surface area contributed by atoms with Crippen LogP contribution in [0.3, 0.4) is 0 Å². The minimum atomic E-state index is -0.303. The van der Waals surface area contributed by atoms with Crippen LogP contribution in [0.4, 0.5) is 0 Å². The second kappa shape index (κ2) is 30.9. The predicted octanol–water partition coefficient (Wildman–Crippen LogP) is 2.10. The normalized spacial score (nSPS) is 19.6. The molecule has 12 atom stereocenters. The molecule has 0 saturated carbocycles. The van der Waals surface area contributed by atoms with Crippen LogP contribution in [0.1, 0.15) is 69.2 Å². The van der Waals surface area contributed by atoms with Gasteiger partial charge in [0.25, 0.3) is 0 Å². The molecular weight excluding hydrogens is 648 g/mol. The molecule has 0 aromatic rings. The van der Waals surface area contributed by atoms with E-state index in [1.165, 1.54) is 0 Å². The van der Waals surface area contributed by atoms with Gasteiger partial charge in [0.2, 0.25) is 0 Å². The van der Waals surface area contributed by atoms with E-state index < -0.39 is 0 Å². The van der Waals surface area contributed by atoms with Crippen molar-refractivity contribution < 1.29 is 47.4 Å². The largest absolute Gasteiger partial charge is 0.376 e. The van der Waals surface area contributed by atoms with Gasteiger partial charge in [-0.25, -0.2) is 0 Å². The summed E-state index contributed by atoms with van der Waals surface area (Å²) in [6, 6.07) is -0.175. The van der Waals surface area contributed by atoms with Crippen LogP contribution in [0, 0.1) is 11.8 Å². The van der Waals surface area contributed by atoms with Crippen LogP contribution >= 0.6 is 0 Å². The van der Waals surface area contributed by atoms with E-state index in [0.29, 0.717) is 92.5 Å². The zero-order valence-electron chi connectivity index (χ0n) is 33.2. The zero-order valence-corrected chi connectivity index (χ0v) is 33.2. The summed E-state index contributed by atoms with van der Waals surface area (Å²) < 4.78 is 59.3. The topological polar surface area (TPSA) is 196 Å². The predicted molar refractivity (Wildman–Crippen MR) is 197 cm³/mol. The standard InChI is InChI=1S/C36H78N4O10/c1-25(11-45-31(7)17-41-18-32(8)46-13-27(3)37)26(2)12-49-35(21-42-19-33(9)47-14-28(4)38)23-44-24-36(50-16-30(6)40)22-43-20-34(10)48-15-29(5)39/h25-36H,11-24,37-40H2,1-10H3. The maximum absolute atomic E-state index is 6.35. The molecule has 14 heteroatoms. The highest BCUT2D eigenvalue weighted by Crippen LogP contribution is 2.15. The molecule has 0 aliphatic heterocycles. The summed E-state index contributed by atoms with van der Waals surface area (Å²) in [4.78, 5) is 0. The summed E-state index contributed by atoms with van der Waals surface area (Å²) in [5.74, 6) is 0.486. The average molecular weight is 727 g/mol. The Labute approximate surface area is 304 Å². The minimum absolute atomic E-state index is 0.00480. The van der Waals surface area contributed by atoms with E-state index in [4.69, 9.17) is 70.3 Å². The quantitative estimate of drug-likeness (QED) is 0.0741. The zero-order chi connectivity index (χ0) is 37.9. The van der Waals surface area contributed by atoms with Crippen LogP contribution in [0.15, 0.2) is 0 Å². The van der Waals surface area contributed by atoms with Gasteiger partial charge in [-0.05, 0) is 67.2 Å². The number of hydrogen-bond donors (Lipinski definition) is 4. The highest BCUT2D eigenvalue weighted by Gasteiger charge is 2.20. The first-order valence-electron chi connectivity index (χ1n) is 18.6. The first-order valence-corrected chi connectivity index (χ1v) is 18.6. The van der Waals surface area contributed by atoms with E-state index in [2.05, 4.69) is 13.8 Å². The van der Waals surface area contributed by atoms with Gasteiger partial charge in [0.15, 0.2) is 0 Å². The van der Waals surface area contributed by atoms with E-state index >= 15 is 0 Å². The van der Waals surface area contributed by atoms with Gasteiger partial charge in [0.05, 0.1) is 110 Å². The Balaban J connectivity index is 4.93. The third kappa shape index (κ3) is 31.0. The molecule has 0 aliphatic rings. The Morgan fingerprint density at radius 3 is 0.820 bits per heavy atom. The summed E-state index contributed by atoms with van der Waals surface area (Å²) in [7, 11) is 0. The lowest BCUT2D eigenvalue weighted by atomic mass is 9.98. The van der Waals surface area contributed by atoms with Crippen molar-refractivity contribution in [3.63, 3.8) is 0 Å². The Bertz CT molecular complexity index is 756. The van der Waals surface area contributed by atoms with Gasteiger partial charge >= 0.3 is 0 Å². The van der Waals surface area contributed by atoms with Crippen LogP contribution in [-0.2, 0) is 47.4 Å². The summed E-state index contributed by atoms with van der Waals surface area (Å²) in [5, 5.41) is 0. The Morgan fingerprint density at radius 2 is 0.500 bits per heavy atom. The van der Waals surface area contributed by atoms with E-state index in [-0.39, 0.29) is 72.6 Å². The smallest absolute Gasteiger partial charge is 0.104 e. The maximum Gasteiger partial charge on any atom is 0.104 e. The summed E-state index contributed by atoms with van der Waals surface area (Å²) >= 11 is 0. The molecule has 0 aliphatic carbocycles. The van der Waals surface area contributed by atoms with Crippen molar-refractivity contribution in [1.29, 1.82) is 0 Å². The number of nitrogens with two attached hydrogens (primary N) is 4. The number of rotatable bonds is 35. The minimum Gasteiger partial charge on any atom is -0.376 e. The molecule has 0 saturated heterocycles. The number of ether oxygens (including phenoxy) is 10. The van der Waals surface area contributed by atoms with E-state index in [0.717, 1.165) is 0 Å². The molecule has 302 valence electrons. The van der Waals surface area contributed by atoms with Gasteiger partial charge in [-0.3, -0.25) is 0 Å². The second-order valence-corrected chi connectivity index (χ2v) is 14.5. The molecule has 0 heterocycles. The van der Waals surface area contributed by atoms with Gasteiger partial charge in [0, 0.05) is 30.8 Å². The number of hydrogen-bond acceptors (Lipinski definition) is 14. The fourth-order valence-corrected chi connectivity index (χ4v) is 4.11. The fourth-order valence-electron chi connectivity index (χ4n) is 4.11. The average Bonchev–Trinajstić information content (AvgIpc) is 3.04. The molecule has 0 amide bonds. The molecule has 0 aromatic carbocycles. The second-order valence-electron chi connectivity index (χ2n) is 14.5. The van der Waals surface area contributed by atoms with Crippen LogP contribution in [0.2, 0.25) is 0 Å². The monoisotopic (exact) mass is 727 g/mol. The van der Waals surface area contributed by atoms with E-state index in [1.807, 2.05) is 55.4 Å². The summed E-state index contributed by atoms with van der Waals surface area (Å²) in [6.07, 6.45) is -0.844. The lowest BCUT2D eigenvalue weighted by molar-refractivity contribution is -0.113. The van der Waals surface area contributed by atoms with Gasteiger partial charge in [-0.2, -0.15) is 0 Å². The van der Waals surface area contributed by atoms with Crippen molar-refractivity contribution in [2.24, 2.45) is 34.8 Å². The van der Waals surface area contributed by atoms with Crippen molar-refractivity contribution >= 4 is 0 Å². The molecule has 14 nitrogen and oxygen atoms in total. The molecule has 0 spiro atoms. The van der Waals surface area contributed by atoms with Crippen LogP contribution in [-0.4, -0.2) is 153 Å². The molecule has 12 unspecified atom stereocenters. The van der Waals surface area contributed by atoms with Crippen LogP contribution in [0.25, 0.3) is 0 Å². The molecule has 0 radical (unpaired) electrons. The molecule has 50 heavy (non-hydrogen) atoms. The maximum atomic E-state index is 6.35. The van der Waals surface area contributed by atoms with Gasteiger partial charge in [-0.15, -0.1) is 0 Å². The van der Waals surface area contributed by atoms with Crippen molar-refractivity contribution in [3.8, 4) is 0 Å². The molecule has 0 aromatic heterocycles. The van der Waals surface area contributed by atoms with Crippen molar-refractivity contribution in [2.45, 2.75) is 130 Å². The van der Waals surface area contributed by atoms with Crippen molar-refractivity contribution in [3.05, 3.63) is 0 Å². The first-order chi connectivity index (χ1) is 23.6. The van der Waals surface area contributed by atoms with Crippen molar-refractivity contribution in [1.82, 2.24) is 0 Å². The molecule has 0 bridgehead atoms. The highest BCUT2D eigenvalue weighted by atomic mass is 16.6.